The molecule has 1 atom stereocenters. The van der Waals surface area contributed by atoms with Crippen LogP contribution in [0.25, 0.3) is 0 Å². The average molecular weight is 465 g/mol. The molecular formula is C22H26BrFN2O3. The summed E-state index contributed by atoms with van der Waals surface area (Å²) in [6.45, 7) is 6.01. The first-order valence-corrected chi connectivity index (χ1v) is 10.9. The molecule has 2 aliphatic rings. The smallest absolute Gasteiger partial charge is 0.175 e. The Morgan fingerprint density at radius 3 is 2.59 bits per heavy atom. The molecular weight excluding hydrogens is 439 g/mol. The number of halogens is 2. The second-order valence-electron chi connectivity index (χ2n) is 7.30. The van der Waals surface area contributed by atoms with Gasteiger partial charge in [0, 0.05) is 38.6 Å². The van der Waals surface area contributed by atoms with E-state index in [1.54, 1.807) is 0 Å². The van der Waals surface area contributed by atoms with Gasteiger partial charge in [-0.1, -0.05) is 12.1 Å². The number of fused-ring (bicyclic) bond motifs is 1. The monoisotopic (exact) mass is 464 g/mol. The maximum atomic E-state index is 13.4. The molecule has 2 aromatic rings. The maximum absolute atomic E-state index is 13.4. The average Bonchev–Trinajstić information content (AvgIpc) is 2.99. The van der Waals surface area contributed by atoms with Crippen LogP contribution < -0.4 is 14.8 Å². The molecule has 0 aromatic heterocycles. The van der Waals surface area contributed by atoms with E-state index in [0.29, 0.717) is 19.8 Å². The molecule has 0 amide bonds. The van der Waals surface area contributed by atoms with Gasteiger partial charge in [0.25, 0.3) is 0 Å². The van der Waals surface area contributed by atoms with Gasteiger partial charge >= 0.3 is 0 Å². The molecule has 29 heavy (non-hydrogen) atoms. The van der Waals surface area contributed by atoms with Crippen LogP contribution in [0.3, 0.4) is 0 Å². The van der Waals surface area contributed by atoms with Gasteiger partial charge in [-0.2, -0.15) is 0 Å². The summed E-state index contributed by atoms with van der Waals surface area (Å²) in [5.74, 6) is 1.36. The second kappa shape index (κ2) is 9.89. The number of morpholine rings is 1. The van der Waals surface area contributed by atoms with Crippen LogP contribution >= 0.6 is 15.9 Å². The summed E-state index contributed by atoms with van der Waals surface area (Å²) in [5.41, 5.74) is 2.24. The van der Waals surface area contributed by atoms with E-state index < -0.39 is 0 Å². The fourth-order valence-electron chi connectivity index (χ4n) is 3.77. The summed E-state index contributed by atoms with van der Waals surface area (Å²) in [6, 6.07) is 11.1. The lowest BCUT2D eigenvalue weighted by Gasteiger charge is -2.35. The van der Waals surface area contributed by atoms with Gasteiger partial charge in [0.1, 0.15) is 5.82 Å². The minimum atomic E-state index is -0.209. The molecule has 0 saturated carbocycles. The van der Waals surface area contributed by atoms with E-state index in [2.05, 4.69) is 32.2 Å². The molecule has 0 radical (unpaired) electrons. The van der Waals surface area contributed by atoms with Gasteiger partial charge in [0.05, 0.1) is 30.9 Å². The van der Waals surface area contributed by atoms with E-state index in [4.69, 9.17) is 14.2 Å². The number of hydrogen-bond donors (Lipinski definition) is 1. The van der Waals surface area contributed by atoms with E-state index in [0.717, 1.165) is 66.4 Å². The quantitative estimate of drug-likeness (QED) is 0.701. The lowest BCUT2D eigenvalue weighted by atomic mass is 10.0. The zero-order valence-electron chi connectivity index (χ0n) is 16.3. The Morgan fingerprint density at radius 2 is 1.79 bits per heavy atom. The molecule has 2 heterocycles. The number of benzene rings is 2. The SMILES string of the molecule is Fc1ccc(C(CNCc2cc(Br)c3c(c2)OCCCO3)N2CCOCC2)cc1. The van der Waals surface area contributed by atoms with Crippen LogP contribution in [-0.2, 0) is 11.3 Å². The molecule has 0 spiro atoms. The number of nitrogens with one attached hydrogen (secondary N) is 1. The van der Waals surface area contributed by atoms with Crippen molar-refractivity contribution in [2.75, 3.05) is 46.1 Å². The summed E-state index contributed by atoms with van der Waals surface area (Å²) < 4.78 is 31.4. The Morgan fingerprint density at radius 1 is 1.03 bits per heavy atom. The van der Waals surface area contributed by atoms with E-state index in [-0.39, 0.29) is 11.9 Å². The molecule has 1 N–H and O–H groups in total. The van der Waals surface area contributed by atoms with Crippen LogP contribution in [0.5, 0.6) is 11.5 Å². The van der Waals surface area contributed by atoms with E-state index >= 15 is 0 Å². The van der Waals surface area contributed by atoms with Crippen LogP contribution in [0.2, 0.25) is 0 Å². The van der Waals surface area contributed by atoms with Gasteiger partial charge in [-0.15, -0.1) is 0 Å². The van der Waals surface area contributed by atoms with Crippen molar-refractivity contribution in [1.82, 2.24) is 10.2 Å². The van der Waals surface area contributed by atoms with E-state index in [1.165, 1.54) is 12.1 Å². The fraction of sp³-hybridized carbons (Fsp3) is 0.455. The lowest BCUT2D eigenvalue weighted by Crippen LogP contribution is -2.42. The Bertz CT molecular complexity index is 812. The topological polar surface area (TPSA) is 43.0 Å². The van der Waals surface area contributed by atoms with Crippen LogP contribution in [0.4, 0.5) is 4.39 Å². The van der Waals surface area contributed by atoms with Gasteiger partial charge in [-0.3, -0.25) is 4.90 Å². The minimum Gasteiger partial charge on any atom is -0.490 e. The molecule has 5 nitrogen and oxygen atoms in total. The molecule has 0 bridgehead atoms. The Labute approximate surface area is 179 Å². The molecule has 1 unspecified atom stereocenters. The van der Waals surface area contributed by atoms with Gasteiger partial charge in [-0.25, -0.2) is 4.39 Å². The van der Waals surface area contributed by atoms with Crippen molar-refractivity contribution in [2.24, 2.45) is 0 Å². The lowest BCUT2D eigenvalue weighted by molar-refractivity contribution is 0.0161. The zero-order valence-corrected chi connectivity index (χ0v) is 17.9. The van der Waals surface area contributed by atoms with Gasteiger partial charge in [0.2, 0.25) is 0 Å². The molecule has 0 aliphatic carbocycles. The summed E-state index contributed by atoms with van der Waals surface area (Å²) >= 11 is 3.60. The summed E-state index contributed by atoms with van der Waals surface area (Å²) in [7, 11) is 0. The Hall–Kier alpha value is -1.67. The predicted molar refractivity (Wildman–Crippen MR) is 113 cm³/mol. The first-order valence-electron chi connectivity index (χ1n) is 10.1. The van der Waals surface area contributed by atoms with Gasteiger partial charge in [0.15, 0.2) is 11.5 Å². The number of nitrogens with zero attached hydrogens (tertiary/aromatic N) is 1. The van der Waals surface area contributed by atoms with Crippen molar-refractivity contribution in [3.63, 3.8) is 0 Å². The first-order chi connectivity index (χ1) is 14.2. The Balaban J connectivity index is 1.44. The second-order valence-corrected chi connectivity index (χ2v) is 8.16. The van der Waals surface area contributed by atoms with Crippen LogP contribution in [0.15, 0.2) is 40.9 Å². The van der Waals surface area contributed by atoms with E-state index in [1.807, 2.05) is 18.2 Å². The number of ether oxygens (including phenoxy) is 3. The first kappa shape index (κ1) is 20.6. The zero-order chi connectivity index (χ0) is 20.1. The van der Waals surface area contributed by atoms with Crippen molar-refractivity contribution >= 4 is 15.9 Å². The standard InChI is InChI=1S/C22H26BrFN2O3/c23-19-12-16(13-21-22(19)29-9-1-8-28-21)14-25-15-20(26-6-10-27-11-7-26)17-2-4-18(24)5-3-17/h2-5,12-13,20,25H,1,6-11,14-15H2. The van der Waals surface area contributed by atoms with E-state index in [9.17, 15) is 4.39 Å². The molecule has 1 saturated heterocycles. The highest BCUT2D eigenvalue weighted by Crippen LogP contribution is 2.38. The summed E-state index contributed by atoms with van der Waals surface area (Å²) in [5, 5.41) is 3.57. The molecule has 156 valence electrons. The number of rotatable bonds is 6. The molecule has 2 aromatic carbocycles. The molecule has 1 fully saturated rings. The highest BCUT2D eigenvalue weighted by molar-refractivity contribution is 9.10. The van der Waals surface area contributed by atoms with Crippen LogP contribution in [0, 0.1) is 5.82 Å². The third kappa shape index (κ3) is 5.28. The van der Waals surface area contributed by atoms with Crippen molar-refractivity contribution in [1.29, 1.82) is 0 Å². The highest BCUT2D eigenvalue weighted by Gasteiger charge is 2.22. The predicted octanol–water partition coefficient (Wildman–Crippen LogP) is 3.91. The third-order valence-corrected chi connectivity index (χ3v) is 5.86. The van der Waals surface area contributed by atoms with Crippen molar-refractivity contribution in [3.8, 4) is 11.5 Å². The minimum absolute atomic E-state index is 0.170. The van der Waals surface area contributed by atoms with Crippen molar-refractivity contribution < 1.29 is 18.6 Å². The van der Waals surface area contributed by atoms with Crippen LogP contribution in [-0.4, -0.2) is 51.0 Å². The van der Waals surface area contributed by atoms with Crippen molar-refractivity contribution in [3.05, 3.63) is 57.8 Å². The summed E-state index contributed by atoms with van der Waals surface area (Å²) in [4.78, 5) is 2.40. The molecule has 2 aliphatic heterocycles. The molecule has 7 heteroatoms. The molecule has 4 rings (SSSR count). The number of hydrogen-bond acceptors (Lipinski definition) is 5. The van der Waals surface area contributed by atoms with Gasteiger partial charge < -0.3 is 19.5 Å². The fourth-order valence-corrected chi connectivity index (χ4v) is 4.38. The third-order valence-electron chi connectivity index (χ3n) is 5.27. The highest BCUT2D eigenvalue weighted by atomic mass is 79.9. The normalized spacial score (nSPS) is 18.3. The maximum Gasteiger partial charge on any atom is 0.175 e. The Kier molecular flexibility index (Phi) is 7.02. The summed E-state index contributed by atoms with van der Waals surface area (Å²) in [6.07, 6.45) is 0.883. The van der Waals surface area contributed by atoms with Crippen LogP contribution in [0.1, 0.15) is 23.6 Å². The largest absolute Gasteiger partial charge is 0.490 e. The van der Waals surface area contributed by atoms with Crippen molar-refractivity contribution in [2.45, 2.75) is 19.0 Å². The van der Waals surface area contributed by atoms with Gasteiger partial charge in [-0.05, 0) is 51.3 Å².